The number of Topliss-reactive ketones (excluding diaryl/α,β-unsaturated/α-hetero) is 1. The average Bonchev–Trinajstić information content (AvgIpc) is 2.42. The molecule has 1 rings (SSSR count). The van der Waals surface area contributed by atoms with Gasteiger partial charge in [-0.15, -0.1) is 11.3 Å². The van der Waals surface area contributed by atoms with Gasteiger partial charge in [-0.05, 0) is 26.3 Å². The van der Waals surface area contributed by atoms with Crippen molar-refractivity contribution in [1.82, 2.24) is 0 Å². The molecular formula is C11H16OS. The molecule has 0 aliphatic carbocycles. The number of hydrogen-bond donors (Lipinski definition) is 0. The number of ketones is 1. The van der Waals surface area contributed by atoms with Crippen LogP contribution in [0.15, 0.2) is 6.07 Å². The van der Waals surface area contributed by atoms with Crippen LogP contribution < -0.4 is 0 Å². The summed E-state index contributed by atoms with van der Waals surface area (Å²) in [5.74, 6) is 0.456. The maximum absolute atomic E-state index is 11.8. The highest BCUT2D eigenvalue weighted by atomic mass is 32.1. The molecule has 1 atom stereocenters. The summed E-state index contributed by atoms with van der Waals surface area (Å²) in [5, 5.41) is 0. The van der Waals surface area contributed by atoms with E-state index in [0.717, 1.165) is 16.9 Å². The van der Waals surface area contributed by atoms with E-state index in [0.29, 0.717) is 5.78 Å². The first-order chi connectivity index (χ1) is 6.06. The molecule has 0 radical (unpaired) electrons. The SMILES string of the molecule is CCC(C)C(=O)c1cc(C)sc1C. The fourth-order valence-electron chi connectivity index (χ4n) is 1.33. The molecule has 72 valence electrons. The summed E-state index contributed by atoms with van der Waals surface area (Å²) in [6, 6.07) is 2.01. The molecule has 2 heteroatoms. The zero-order valence-corrected chi connectivity index (χ0v) is 9.49. The summed E-state index contributed by atoms with van der Waals surface area (Å²) < 4.78 is 0. The minimum Gasteiger partial charge on any atom is -0.294 e. The van der Waals surface area contributed by atoms with E-state index in [-0.39, 0.29) is 5.92 Å². The molecule has 0 N–H and O–H groups in total. The number of rotatable bonds is 3. The quantitative estimate of drug-likeness (QED) is 0.675. The standard InChI is InChI=1S/C11H16OS/c1-5-7(2)11(12)10-6-8(3)13-9(10)4/h6-7H,5H2,1-4H3. The third kappa shape index (κ3) is 2.19. The lowest BCUT2D eigenvalue weighted by molar-refractivity contribution is 0.0927. The molecule has 0 aliphatic rings. The van der Waals surface area contributed by atoms with Crippen molar-refractivity contribution in [2.75, 3.05) is 0 Å². The van der Waals surface area contributed by atoms with Gasteiger partial charge in [-0.3, -0.25) is 4.79 Å². The predicted octanol–water partition coefficient (Wildman–Crippen LogP) is 3.59. The zero-order valence-electron chi connectivity index (χ0n) is 8.68. The predicted molar refractivity (Wildman–Crippen MR) is 57.6 cm³/mol. The molecule has 0 amide bonds. The highest BCUT2D eigenvalue weighted by molar-refractivity contribution is 7.12. The fraction of sp³-hybridized carbons (Fsp3) is 0.545. The van der Waals surface area contributed by atoms with Crippen molar-refractivity contribution in [3.63, 3.8) is 0 Å². The monoisotopic (exact) mass is 196 g/mol. The summed E-state index contributed by atoms with van der Waals surface area (Å²) in [5.41, 5.74) is 0.928. The third-order valence-electron chi connectivity index (χ3n) is 2.37. The first-order valence-corrected chi connectivity index (χ1v) is 5.49. The second kappa shape index (κ2) is 4.05. The second-order valence-corrected chi connectivity index (χ2v) is 4.96. The van der Waals surface area contributed by atoms with Gasteiger partial charge >= 0.3 is 0 Å². The Morgan fingerprint density at radius 3 is 2.54 bits per heavy atom. The number of hydrogen-bond acceptors (Lipinski definition) is 2. The van der Waals surface area contributed by atoms with E-state index in [4.69, 9.17) is 0 Å². The van der Waals surface area contributed by atoms with Gasteiger partial charge in [0.1, 0.15) is 0 Å². The van der Waals surface area contributed by atoms with Crippen LogP contribution in [0.4, 0.5) is 0 Å². The molecule has 0 aliphatic heterocycles. The van der Waals surface area contributed by atoms with Gasteiger partial charge in [-0.25, -0.2) is 0 Å². The summed E-state index contributed by atoms with van der Waals surface area (Å²) in [6.07, 6.45) is 0.924. The van der Waals surface area contributed by atoms with E-state index in [1.54, 1.807) is 11.3 Å². The number of carbonyl (C=O) groups excluding carboxylic acids is 1. The molecule has 0 fully saturated rings. The zero-order chi connectivity index (χ0) is 10.0. The van der Waals surface area contributed by atoms with Gasteiger partial charge in [0.25, 0.3) is 0 Å². The van der Waals surface area contributed by atoms with E-state index in [1.807, 2.05) is 26.8 Å². The van der Waals surface area contributed by atoms with E-state index in [1.165, 1.54) is 4.88 Å². The second-order valence-electron chi connectivity index (χ2n) is 3.50. The van der Waals surface area contributed by atoms with Crippen molar-refractivity contribution in [2.24, 2.45) is 5.92 Å². The third-order valence-corrected chi connectivity index (χ3v) is 3.33. The van der Waals surface area contributed by atoms with Gasteiger partial charge < -0.3 is 0 Å². The Kier molecular flexibility index (Phi) is 3.26. The van der Waals surface area contributed by atoms with E-state index in [9.17, 15) is 4.79 Å². The van der Waals surface area contributed by atoms with Crippen LogP contribution >= 0.6 is 11.3 Å². The van der Waals surface area contributed by atoms with Crippen molar-refractivity contribution < 1.29 is 4.79 Å². The molecule has 13 heavy (non-hydrogen) atoms. The lowest BCUT2D eigenvalue weighted by atomic mass is 9.98. The maximum atomic E-state index is 11.8. The topological polar surface area (TPSA) is 17.1 Å². The molecule has 0 saturated heterocycles. The number of aryl methyl sites for hydroxylation is 2. The molecule has 0 saturated carbocycles. The minimum atomic E-state index is 0.160. The highest BCUT2D eigenvalue weighted by Crippen LogP contribution is 2.23. The van der Waals surface area contributed by atoms with Crippen LogP contribution in [-0.4, -0.2) is 5.78 Å². The molecule has 1 aromatic rings. The van der Waals surface area contributed by atoms with Crippen molar-refractivity contribution in [3.8, 4) is 0 Å². The lowest BCUT2D eigenvalue weighted by Crippen LogP contribution is -2.10. The van der Waals surface area contributed by atoms with E-state index < -0.39 is 0 Å². The van der Waals surface area contributed by atoms with Gasteiger partial charge in [-0.1, -0.05) is 13.8 Å². The van der Waals surface area contributed by atoms with Crippen LogP contribution in [0.5, 0.6) is 0 Å². The van der Waals surface area contributed by atoms with E-state index >= 15 is 0 Å². The van der Waals surface area contributed by atoms with Crippen LogP contribution in [0, 0.1) is 19.8 Å². The normalized spacial score (nSPS) is 12.9. The van der Waals surface area contributed by atoms with Crippen molar-refractivity contribution >= 4 is 17.1 Å². The summed E-state index contributed by atoms with van der Waals surface area (Å²) in [4.78, 5) is 14.2. The average molecular weight is 196 g/mol. The molecule has 1 aromatic heterocycles. The molecular weight excluding hydrogens is 180 g/mol. The first kappa shape index (κ1) is 10.5. The smallest absolute Gasteiger partial charge is 0.166 e. The largest absolute Gasteiger partial charge is 0.294 e. The Balaban J connectivity index is 2.94. The first-order valence-electron chi connectivity index (χ1n) is 4.67. The number of carbonyl (C=O) groups is 1. The molecule has 1 unspecified atom stereocenters. The van der Waals surface area contributed by atoms with Crippen molar-refractivity contribution in [1.29, 1.82) is 0 Å². The van der Waals surface area contributed by atoms with Gasteiger partial charge in [0, 0.05) is 21.2 Å². The van der Waals surface area contributed by atoms with E-state index in [2.05, 4.69) is 6.92 Å². The fourth-order valence-corrected chi connectivity index (χ4v) is 2.26. The molecule has 0 spiro atoms. The van der Waals surface area contributed by atoms with Crippen LogP contribution in [0.3, 0.4) is 0 Å². The Hall–Kier alpha value is -0.630. The molecule has 0 bridgehead atoms. The van der Waals surface area contributed by atoms with Gasteiger partial charge in [0.2, 0.25) is 0 Å². The highest BCUT2D eigenvalue weighted by Gasteiger charge is 2.16. The Bertz CT molecular complexity index is 312. The molecule has 1 heterocycles. The molecule has 0 aromatic carbocycles. The minimum absolute atomic E-state index is 0.160. The van der Waals surface area contributed by atoms with Crippen LogP contribution in [0.1, 0.15) is 40.4 Å². The maximum Gasteiger partial charge on any atom is 0.166 e. The van der Waals surface area contributed by atoms with Crippen molar-refractivity contribution in [2.45, 2.75) is 34.1 Å². The van der Waals surface area contributed by atoms with Crippen LogP contribution in [0.2, 0.25) is 0 Å². The molecule has 1 nitrogen and oxygen atoms in total. The van der Waals surface area contributed by atoms with Crippen molar-refractivity contribution in [3.05, 3.63) is 21.4 Å². The summed E-state index contributed by atoms with van der Waals surface area (Å²) in [6.45, 7) is 8.12. The van der Waals surface area contributed by atoms with Gasteiger partial charge in [0.15, 0.2) is 5.78 Å². The lowest BCUT2D eigenvalue weighted by Gasteiger charge is -2.05. The Morgan fingerprint density at radius 1 is 1.54 bits per heavy atom. The Morgan fingerprint density at radius 2 is 2.15 bits per heavy atom. The van der Waals surface area contributed by atoms with Gasteiger partial charge in [-0.2, -0.15) is 0 Å². The summed E-state index contributed by atoms with van der Waals surface area (Å²) in [7, 11) is 0. The van der Waals surface area contributed by atoms with Gasteiger partial charge in [0.05, 0.1) is 0 Å². The number of thiophene rings is 1. The van der Waals surface area contributed by atoms with Crippen LogP contribution in [0.25, 0.3) is 0 Å². The van der Waals surface area contributed by atoms with Crippen LogP contribution in [-0.2, 0) is 0 Å². The Labute approximate surface area is 83.8 Å². The summed E-state index contributed by atoms with van der Waals surface area (Å²) >= 11 is 1.70.